The third kappa shape index (κ3) is 4.94. The summed E-state index contributed by atoms with van der Waals surface area (Å²) >= 11 is 0. The lowest BCUT2D eigenvalue weighted by molar-refractivity contribution is -0.137. The van der Waals surface area contributed by atoms with Gasteiger partial charge in [0.25, 0.3) is 0 Å². The fraction of sp³-hybridized carbons (Fsp3) is 0.562. The summed E-state index contributed by atoms with van der Waals surface area (Å²) in [5.41, 5.74) is 0.397. The molecule has 0 bridgehead atoms. The molecule has 20 heavy (non-hydrogen) atoms. The Morgan fingerprint density at radius 3 is 2.45 bits per heavy atom. The summed E-state index contributed by atoms with van der Waals surface area (Å²) in [5.74, 6) is -0.426. The van der Waals surface area contributed by atoms with Gasteiger partial charge in [-0.2, -0.15) is 0 Å². The average Bonchev–Trinajstić information content (AvgIpc) is 2.45. The number of carbonyl (C=O) groups is 1. The zero-order valence-corrected chi connectivity index (χ0v) is 12.5. The van der Waals surface area contributed by atoms with Gasteiger partial charge in [0.05, 0.1) is 6.61 Å². The monoisotopic (exact) mass is 279 g/mol. The molecule has 0 aromatic heterocycles. The highest BCUT2D eigenvalue weighted by atomic mass is 16.3. The molecular formula is C16H25NO3. The van der Waals surface area contributed by atoms with Crippen LogP contribution in [0.2, 0.25) is 0 Å². The van der Waals surface area contributed by atoms with E-state index in [0.29, 0.717) is 0 Å². The van der Waals surface area contributed by atoms with E-state index in [4.69, 9.17) is 5.11 Å². The number of carbonyl (C=O) groups excluding carboxylic acids is 1. The van der Waals surface area contributed by atoms with Crippen LogP contribution in [0.4, 0.5) is 0 Å². The van der Waals surface area contributed by atoms with Crippen molar-refractivity contribution in [3.8, 4) is 0 Å². The van der Waals surface area contributed by atoms with Crippen LogP contribution in [0.25, 0.3) is 0 Å². The Morgan fingerprint density at radius 1 is 1.30 bits per heavy atom. The van der Waals surface area contributed by atoms with Gasteiger partial charge in [0, 0.05) is 11.5 Å². The topological polar surface area (TPSA) is 69.6 Å². The Bertz CT molecular complexity index is 417. The fourth-order valence-electron chi connectivity index (χ4n) is 1.86. The molecule has 3 N–H and O–H groups in total. The molecule has 0 aliphatic heterocycles. The fourth-order valence-corrected chi connectivity index (χ4v) is 1.86. The van der Waals surface area contributed by atoms with Crippen molar-refractivity contribution in [2.75, 3.05) is 6.61 Å². The molecule has 0 fully saturated rings. The number of rotatable bonds is 7. The number of benzene rings is 1. The Morgan fingerprint density at radius 2 is 1.90 bits per heavy atom. The molecule has 1 amide bonds. The van der Waals surface area contributed by atoms with Gasteiger partial charge in [0.2, 0.25) is 5.91 Å². The first kappa shape index (κ1) is 16.7. The summed E-state index contributed by atoms with van der Waals surface area (Å²) in [6, 6.07) is 10.0. The van der Waals surface area contributed by atoms with E-state index in [1.165, 1.54) is 5.56 Å². The van der Waals surface area contributed by atoms with Gasteiger partial charge >= 0.3 is 0 Å². The minimum absolute atomic E-state index is 0.0214. The van der Waals surface area contributed by atoms with E-state index in [1.807, 2.05) is 25.1 Å². The van der Waals surface area contributed by atoms with Crippen molar-refractivity contribution in [3.05, 3.63) is 35.9 Å². The Kier molecular flexibility index (Phi) is 6.17. The van der Waals surface area contributed by atoms with E-state index in [9.17, 15) is 9.90 Å². The molecule has 1 aromatic carbocycles. The molecular weight excluding hydrogens is 254 g/mol. The normalized spacial score (nSPS) is 14.7. The SMILES string of the molecule is C[C@H](CCc1ccccc1)NC(=O)[C@H](O)C(C)(C)CO. The van der Waals surface area contributed by atoms with Gasteiger partial charge in [-0.1, -0.05) is 44.2 Å². The van der Waals surface area contributed by atoms with Crippen LogP contribution in [0.3, 0.4) is 0 Å². The lowest BCUT2D eigenvalue weighted by Crippen LogP contribution is -2.48. The molecule has 4 heteroatoms. The maximum atomic E-state index is 11.9. The molecule has 0 aliphatic rings. The first-order valence-electron chi connectivity index (χ1n) is 7.00. The van der Waals surface area contributed by atoms with E-state index in [-0.39, 0.29) is 12.6 Å². The lowest BCUT2D eigenvalue weighted by Gasteiger charge is -2.28. The molecule has 0 saturated heterocycles. The van der Waals surface area contributed by atoms with Gasteiger partial charge in [0.1, 0.15) is 6.10 Å². The van der Waals surface area contributed by atoms with Crippen LogP contribution in [-0.4, -0.2) is 34.9 Å². The Hall–Kier alpha value is -1.39. The largest absolute Gasteiger partial charge is 0.396 e. The van der Waals surface area contributed by atoms with Gasteiger partial charge in [-0.05, 0) is 25.3 Å². The zero-order chi connectivity index (χ0) is 15.2. The molecule has 112 valence electrons. The number of nitrogens with one attached hydrogen (secondary N) is 1. The van der Waals surface area contributed by atoms with Crippen LogP contribution in [0, 0.1) is 5.41 Å². The number of aliphatic hydroxyl groups excluding tert-OH is 2. The second kappa shape index (κ2) is 7.41. The summed E-state index contributed by atoms with van der Waals surface area (Å²) in [6.07, 6.45) is 0.482. The second-order valence-corrected chi connectivity index (χ2v) is 5.98. The van der Waals surface area contributed by atoms with E-state index in [2.05, 4.69) is 17.4 Å². The zero-order valence-electron chi connectivity index (χ0n) is 12.5. The Labute approximate surface area is 120 Å². The minimum Gasteiger partial charge on any atom is -0.396 e. The van der Waals surface area contributed by atoms with Crippen LogP contribution < -0.4 is 5.32 Å². The van der Waals surface area contributed by atoms with Crippen molar-refractivity contribution in [1.82, 2.24) is 5.32 Å². The summed E-state index contributed by atoms with van der Waals surface area (Å²) in [4.78, 5) is 11.9. The van der Waals surface area contributed by atoms with Crippen molar-refractivity contribution in [1.29, 1.82) is 0 Å². The summed E-state index contributed by atoms with van der Waals surface area (Å²) in [6.45, 7) is 5.00. The maximum Gasteiger partial charge on any atom is 0.249 e. The van der Waals surface area contributed by atoms with Gasteiger partial charge < -0.3 is 15.5 Å². The maximum absolute atomic E-state index is 11.9. The highest BCUT2D eigenvalue weighted by Gasteiger charge is 2.33. The van der Waals surface area contributed by atoms with Crippen molar-refractivity contribution in [2.45, 2.75) is 45.8 Å². The second-order valence-electron chi connectivity index (χ2n) is 5.98. The molecule has 0 saturated carbocycles. The first-order valence-corrected chi connectivity index (χ1v) is 7.00. The molecule has 1 rings (SSSR count). The molecule has 1 aromatic rings. The molecule has 0 radical (unpaired) electrons. The Balaban J connectivity index is 2.42. The standard InChI is InChI=1S/C16H25NO3/c1-12(9-10-13-7-5-4-6-8-13)17-15(20)14(19)16(2,3)11-18/h4-8,12,14,18-19H,9-11H2,1-3H3,(H,17,20)/t12-,14+/m1/s1. The van der Waals surface area contributed by atoms with E-state index in [1.54, 1.807) is 13.8 Å². The lowest BCUT2D eigenvalue weighted by atomic mass is 9.87. The smallest absolute Gasteiger partial charge is 0.249 e. The van der Waals surface area contributed by atoms with Gasteiger partial charge in [-0.15, -0.1) is 0 Å². The van der Waals surface area contributed by atoms with Crippen LogP contribution in [-0.2, 0) is 11.2 Å². The van der Waals surface area contributed by atoms with E-state index >= 15 is 0 Å². The van der Waals surface area contributed by atoms with Crippen molar-refractivity contribution >= 4 is 5.91 Å². The van der Waals surface area contributed by atoms with Crippen molar-refractivity contribution < 1.29 is 15.0 Å². The quantitative estimate of drug-likeness (QED) is 0.708. The van der Waals surface area contributed by atoms with Crippen LogP contribution in [0.1, 0.15) is 32.8 Å². The molecule has 2 atom stereocenters. The van der Waals surface area contributed by atoms with Gasteiger partial charge in [-0.25, -0.2) is 0 Å². The third-order valence-corrected chi connectivity index (χ3v) is 3.49. The van der Waals surface area contributed by atoms with Gasteiger partial charge in [0.15, 0.2) is 0 Å². The number of hydrogen-bond donors (Lipinski definition) is 3. The first-order chi connectivity index (χ1) is 9.36. The molecule has 0 spiro atoms. The number of aryl methyl sites for hydroxylation is 1. The summed E-state index contributed by atoms with van der Waals surface area (Å²) in [5, 5.41) is 21.9. The molecule has 4 nitrogen and oxygen atoms in total. The molecule has 0 heterocycles. The third-order valence-electron chi connectivity index (χ3n) is 3.49. The number of aliphatic hydroxyl groups is 2. The van der Waals surface area contributed by atoms with Crippen LogP contribution in [0.5, 0.6) is 0 Å². The van der Waals surface area contributed by atoms with Gasteiger partial charge in [-0.3, -0.25) is 4.79 Å². The number of hydrogen-bond acceptors (Lipinski definition) is 3. The van der Waals surface area contributed by atoms with E-state index < -0.39 is 17.4 Å². The minimum atomic E-state index is -1.20. The highest BCUT2D eigenvalue weighted by Crippen LogP contribution is 2.19. The molecule has 0 aliphatic carbocycles. The van der Waals surface area contributed by atoms with Crippen molar-refractivity contribution in [3.63, 3.8) is 0 Å². The number of amides is 1. The van der Waals surface area contributed by atoms with Crippen molar-refractivity contribution in [2.24, 2.45) is 5.41 Å². The predicted molar refractivity (Wildman–Crippen MR) is 79.2 cm³/mol. The summed E-state index contributed by atoms with van der Waals surface area (Å²) in [7, 11) is 0. The highest BCUT2D eigenvalue weighted by molar-refractivity contribution is 5.81. The summed E-state index contributed by atoms with van der Waals surface area (Å²) < 4.78 is 0. The van der Waals surface area contributed by atoms with Crippen LogP contribution >= 0.6 is 0 Å². The van der Waals surface area contributed by atoms with Crippen LogP contribution in [0.15, 0.2) is 30.3 Å². The average molecular weight is 279 g/mol. The van der Waals surface area contributed by atoms with E-state index in [0.717, 1.165) is 12.8 Å². The molecule has 0 unspecified atom stereocenters. The predicted octanol–water partition coefficient (Wildman–Crippen LogP) is 1.50.